The maximum atomic E-state index is 3.56. The third kappa shape index (κ3) is 8.68. The molecular formula is C10H27N3Si. The molecule has 0 saturated carbocycles. The van der Waals surface area contributed by atoms with E-state index in [-0.39, 0.29) is 5.54 Å². The summed E-state index contributed by atoms with van der Waals surface area (Å²) in [6.07, 6.45) is 0. The van der Waals surface area contributed by atoms with Crippen molar-refractivity contribution in [3.63, 3.8) is 0 Å². The summed E-state index contributed by atoms with van der Waals surface area (Å²) in [7, 11) is -0.886. The van der Waals surface area contributed by atoms with E-state index in [1.807, 2.05) is 0 Å². The standard InChI is InChI=1S/C10H27N3Si/c1-6-12-14(13-7-2)9-8-11-10(3,4)5/h11-14H,6-9H2,1-5H3. The lowest BCUT2D eigenvalue weighted by atomic mass is 10.1. The summed E-state index contributed by atoms with van der Waals surface area (Å²) in [6.45, 7) is 14.3. The van der Waals surface area contributed by atoms with Crippen LogP contribution in [0.25, 0.3) is 0 Å². The molecule has 0 aromatic rings. The fourth-order valence-electron chi connectivity index (χ4n) is 1.36. The highest BCUT2D eigenvalue weighted by Gasteiger charge is 2.11. The molecule has 0 aromatic carbocycles. The molecule has 0 aromatic heterocycles. The minimum atomic E-state index is -0.886. The van der Waals surface area contributed by atoms with E-state index in [2.05, 4.69) is 49.9 Å². The highest BCUT2D eigenvalue weighted by atomic mass is 28.3. The number of rotatable bonds is 7. The summed E-state index contributed by atoms with van der Waals surface area (Å²) in [5, 5.41) is 3.52. The Labute approximate surface area is 90.8 Å². The Kier molecular flexibility index (Phi) is 7.45. The normalized spacial score (nSPS) is 12.4. The van der Waals surface area contributed by atoms with E-state index in [4.69, 9.17) is 0 Å². The van der Waals surface area contributed by atoms with Crippen LogP contribution >= 0.6 is 0 Å². The van der Waals surface area contributed by atoms with Gasteiger partial charge < -0.3 is 15.3 Å². The third-order valence-electron chi connectivity index (χ3n) is 1.99. The Bertz CT molecular complexity index is 128. The van der Waals surface area contributed by atoms with Gasteiger partial charge in [0.15, 0.2) is 9.12 Å². The van der Waals surface area contributed by atoms with Gasteiger partial charge in [0.25, 0.3) is 0 Å². The lowest BCUT2D eigenvalue weighted by molar-refractivity contribution is 0.437. The van der Waals surface area contributed by atoms with E-state index >= 15 is 0 Å². The van der Waals surface area contributed by atoms with Crippen LogP contribution in [0, 0.1) is 0 Å². The van der Waals surface area contributed by atoms with E-state index < -0.39 is 9.12 Å². The Hall–Kier alpha value is 0.0969. The van der Waals surface area contributed by atoms with Gasteiger partial charge in [0.2, 0.25) is 0 Å². The van der Waals surface area contributed by atoms with Gasteiger partial charge in [-0.1, -0.05) is 13.8 Å². The number of hydrogen-bond donors (Lipinski definition) is 3. The highest BCUT2D eigenvalue weighted by Crippen LogP contribution is 1.98. The molecular weight excluding hydrogens is 190 g/mol. The SMILES string of the molecule is CCN[SiH](CCNC(C)(C)C)NCC. The first-order valence-electron chi connectivity index (χ1n) is 5.71. The maximum Gasteiger partial charge on any atom is 0.185 e. The molecule has 0 radical (unpaired) electrons. The third-order valence-corrected chi connectivity index (χ3v) is 4.66. The van der Waals surface area contributed by atoms with Crippen LogP contribution in [0.5, 0.6) is 0 Å². The number of hydrogen-bond acceptors (Lipinski definition) is 3. The molecule has 0 bridgehead atoms. The smallest absolute Gasteiger partial charge is 0.185 e. The lowest BCUT2D eigenvalue weighted by Crippen LogP contribution is -2.49. The molecule has 3 N–H and O–H groups in total. The van der Waals surface area contributed by atoms with E-state index in [9.17, 15) is 0 Å². The fourth-order valence-corrected chi connectivity index (χ4v) is 3.33. The summed E-state index contributed by atoms with van der Waals surface area (Å²) >= 11 is 0. The van der Waals surface area contributed by atoms with Crippen LogP contribution in [0.2, 0.25) is 6.04 Å². The maximum absolute atomic E-state index is 3.56. The van der Waals surface area contributed by atoms with Crippen molar-refractivity contribution in [2.45, 2.75) is 46.2 Å². The van der Waals surface area contributed by atoms with Crippen molar-refractivity contribution in [3.8, 4) is 0 Å². The largest absolute Gasteiger partial charge is 0.328 e. The molecule has 0 spiro atoms. The molecule has 0 aliphatic carbocycles. The summed E-state index contributed by atoms with van der Waals surface area (Å²) in [6, 6.07) is 1.26. The number of nitrogens with one attached hydrogen (secondary N) is 3. The molecule has 14 heavy (non-hydrogen) atoms. The molecule has 86 valence electrons. The van der Waals surface area contributed by atoms with Gasteiger partial charge in [0.05, 0.1) is 0 Å². The average Bonchev–Trinajstić information content (AvgIpc) is 2.02. The van der Waals surface area contributed by atoms with Crippen LogP contribution in [0.4, 0.5) is 0 Å². The zero-order valence-corrected chi connectivity index (χ0v) is 11.6. The first-order valence-corrected chi connectivity index (χ1v) is 7.68. The van der Waals surface area contributed by atoms with Crippen LogP contribution in [0.15, 0.2) is 0 Å². The lowest BCUT2D eigenvalue weighted by Gasteiger charge is -2.23. The second kappa shape index (κ2) is 7.40. The van der Waals surface area contributed by atoms with Gasteiger partial charge in [-0.25, -0.2) is 0 Å². The molecule has 0 heterocycles. The molecule has 0 aliphatic heterocycles. The summed E-state index contributed by atoms with van der Waals surface area (Å²) in [4.78, 5) is 7.12. The van der Waals surface area contributed by atoms with E-state index in [0.717, 1.165) is 19.6 Å². The van der Waals surface area contributed by atoms with Gasteiger partial charge >= 0.3 is 0 Å². The molecule has 0 unspecified atom stereocenters. The quantitative estimate of drug-likeness (QED) is 0.553. The van der Waals surface area contributed by atoms with Crippen LogP contribution in [0.3, 0.4) is 0 Å². The molecule has 4 heteroatoms. The summed E-state index contributed by atoms with van der Waals surface area (Å²) in [5.41, 5.74) is 0.247. The summed E-state index contributed by atoms with van der Waals surface area (Å²) in [5.74, 6) is 0. The highest BCUT2D eigenvalue weighted by molar-refractivity contribution is 6.53. The average molecular weight is 217 g/mol. The van der Waals surface area contributed by atoms with Gasteiger partial charge in [-0.15, -0.1) is 0 Å². The molecule has 0 fully saturated rings. The molecule has 0 atom stereocenters. The Morgan fingerprint density at radius 3 is 1.86 bits per heavy atom. The van der Waals surface area contributed by atoms with Crippen molar-refractivity contribution in [3.05, 3.63) is 0 Å². The topological polar surface area (TPSA) is 36.1 Å². The van der Waals surface area contributed by atoms with E-state index in [1.54, 1.807) is 0 Å². The Morgan fingerprint density at radius 2 is 1.50 bits per heavy atom. The van der Waals surface area contributed by atoms with Crippen molar-refractivity contribution >= 4 is 9.12 Å². The van der Waals surface area contributed by atoms with Crippen LogP contribution < -0.4 is 15.3 Å². The van der Waals surface area contributed by atoms with Crippen molar-refractivity contribution in [1.29, 1.82) is 0 Å². The van der Waals surface area contributed by atoms with Crippen LogP contribution in [-0.4, -0.2) is 34.3 Å². The van der Waals surface area contributed by atoms with Crippen LogP contribution in [-0.2, 0) is 0 Å². The summed E-state index contributed by atoms with van der Waals surface area (Å²) < 4.78 is 0. The molecule has 0 rings (SSSR count). The first kappa shape index (κ1) is 14.1. The van der Waals surface area contributed by atoms with Gasteiger partial charge in [0.1, 0.15) is 0 Å². The van der Waals surface area contributed by atoms with E-state index in [1.165, 1.54) is 6.04 Å². The molecule has 0 saturated heterocycles. The van der Waals surface area contributed by atoms with Gasteiger partial charge in [-0.05, 0) is 46.4 Å². The fraction of sp³-hybridized carbons (Fsp3) is 1.00. The van der Waals surface area contributed by atoms with Gasteiger partial charge in [-0.3, -0.25) is 0 Å². The second-order valence-electron chi connectivity index (χ2n) is 4.63. The zero-order chi connectivity index (χ0) is 11.0. The second-order valence-corrected chi connectivity index (χ2v) is 7.13. The van der Waals surface area contributed by atoms with Gasteiger partial charge in [-0.2, -0.15) is 0 Å². The monoisotopic (exact) mass is 217 g/mol. The Balaban J connectivity index is 3.60. The van der Waals surface area contributed by atoms with Crippen molar-refractivity contribution in [2.75, 3.05) is 19.6 Å². The minimum Gasteiger partial charge on any atom is -0.328 e. The molecule has 0 aliphatic rings. The van der Waals surface area contributed by atoms with Crippen molar-refractivity contribution in [2.24, 2.45) is 0 Å². The first-order chi connectivity index (χ1) is 6.49. The van der Waals surface area contributed by atoms with Crippen molar-refractivity contribution in [1.82, 2.24) is 15.3 Å². The minimum absolute atomic E-state index is 0.247. The van der Waals surface area contributed by atoms with Crippen LogP contribution in [0.1, 0.15) is 34.6 Å². The molecule has 0 amide bonds. The molecule has 3 nitrogen and oxygen atoms in total. The van der Waals surface area contributed by atoms with E-state index in [0.29, 0.717) is 0 Å². The van der Waals surface area contributed by atoms with Gasteiger partial charge in [0, 0.05) is 5.54 Å². The zero-order valence-electron chi connectivity index (χ0n) is 10.4. The van der Waals surface area contributed by atoms with Crippen molar-refractivity contribution < 1.29 is 0 Å². The predicted molar refractivity (Wildman–Crippen MR) is 67.1 cm³/mol. The predicted octanol–water partition coefficient (Wildman–Crippen LogP) is 0.814. The Morgan fingerprint density at radius 1 is 1.00 bits per heavy atom.